The van der Waals surface area contributed by atoms with Crippen molar-refractivity contribution in [3.63, 3.8) is 0 Å². The third-order valence-corrected chi connectivity index (χ3v) is 5.87. The zero-order valence-electron chi connectivity index (χ0n) is 14.4. The first-order valence-corrected chi connectivity index (χ1v) is 10.2. The van der Waals surface area contributed by atoms with E-state index in [2.05, 4.69) is 10.0 Å². The summed E-state index contributed by atoms with van der Waals surface area (Å²) >= 11 is 1.50. The molecule has 2 rings (SSSR count). The van der Waals surface area contributed by atoms with E-state index in [1.807, 2.05) is 24.4 Å². The molecular formula is C17H20N2O5S2. The van der Waals surface area contributed by atoms with Crippen LogP contribution in [0.5, 0.6) is 0 Å². The summed E-state index contributed by atoms with van der Waals surface area (Å²) < 4.78 is 31.3. The third kappa shape index (κ3) is 5.94. The number of carbonyl (C=O) groups excluding carboxylic acids is 2. The number of benzene rings is 1. The molecule has 140 valence electrons. The minimum absolute atomic E-state index is 0.0714. The van der Waals surface area contributed by atoms with Crippen molar-refractivity contribution in [1.29, 1.82) is 0 Å². The fourth-order valence-electron chi connectivity index (χ4n) is 1.97. The van der Waals surface area contributed by atoms with Crippen molar-refractivity contribution in [3.8, 4) is 0 Å². The van der Waals surface area contributed by atoms with E-state index in [-0.39, 0.29) is 4.90 Å². The maximum atomic E-state index is 12.2. The van der Waals surface area contributed by atoms with Crippen LogP contribution in [-0.2, 0) is 30.9 Å². The second kappa shape index (κ2) is 8.93. The second-order valence-corrected chi connectivity index (χ2v) is 8.39. The molecule has 0 bridgehead atoms. The molecule has 9 heteroatoms. The molecule has 2 N–H and O–H groups in total. The molecule has 0 saturated carbocycles. The average Bonchev–Trinajstić information content (AvgIpc) is 3.12. The molecule has 0 radical (unpaired) electrons. The van der Waals surface area contributed by atoms with E-state index in [1.165, 1.54) is 23.5 Å². The Kier molecular flexibility index (Phi) is 6.90. The van der Waals surface area contributed by atoms with Crippen molar-refractivity contribution in [2.24, 2.45) is 0 Å². The Balaban J connectivity index is 1.76. The Bertz CT molecular complexity index is 877. The molecule has 1 amide bonds. The van der Waals surface area contributed by atoms with Crippen LogP contribution in [-0.4, -0.2) is 33.4 Å². The predicted octanol–water partition coefficient (Wildman–Crippen LogP) is 1.50. The first-order chi connectivity index (χ1) is 12.3. The predicted molar refractivity (Wildman–Crippen MR) is 98.2 cm³/mol. The molecule has 1 aromatic carbocycles. The highest BCUT2D eigenvalue weighted by molar-refractivity contribution is 7.89. The number of aryl methyl sites for hydroxylation is 2. The fraction of sp³-hybridized carbons (Fsp3) is 0.294. The van der Waals surface area contributed by atoms with Gasteiger partial charge in [-0.3, -0.25) is 9.59 Å². The standard InChI is InChI=1S/C17H20N2O5S2/c1-12-5-6-15(8-13(12)2)26(22,23)19-10-17(21)24-11-16(20)18-9-14-4-3-7-25-14/h3-8,19H,9-11H2,1-2H3,(H,18,20). The number of hydrogen-bond acceptors (Lipinski definition) is 6. The zero-order chi connectivity index (χ0) is 19.2. The third-order valence-electron chi connectivity index (χ3n) is 3.60. The van der Waals surface area contributed by atoms with Crippen molar-refractivity contribution in [3.05, 3.63) is 51.7 Å². The minimum Gasteiger partial charge on any atom is -0.455 e. The van der Waals surface area contributed by atoms with Crippen molar-refractivity contribution >= 4 is 33.2 Å². The van der Waals surface area contributed by atoms with Crippen LogP contribution in [0.3, 0.4) is 0 Å². The summed E-state index contributed by atoms with van der Waals surface area (Å²) in [5, 5.41) is 4.50. The quantitative estimate of drug-likeness (QED) is 0.659. The molecule has 0 spiro atoms. The summed E-state index contributed by atoms with van der Waals surface area (Å²) in [6.07, 6.45) is 0. The van der Waals surface area contributed by atoms with Gasteiger partial charge < -0.3 is 10.1 Å². The van der Waals surface area contributed by atoms with Crippen LogP contribution in [0.4, 0.5) is 0 Å². The minimum atomic E-state index is -3.82. The lowest BCUT2D eigenvalue weighted by molar-refractivity contribution is -0.147. The molecule has 0 saturated heterocycles. The van der Waals surface area contributed by atoms with E-state index in [9.17, 15) is 18.0 Å². The first kappa shape index (κ1) is 20.1. The number of rotatable bonds is 8. The van der Waals surface area contributed by atoms with E-state index in [4.69, 9.17) is 4.74 Å². The van der Waals surface area contributed by atoms with Crippen molar-refractivity contribution < 1.29 is 22.7 Å². The molecule has 0 unspecified atom stereocenters. The summed E-state index contributed by atoms with van der Waals surface area (Å²) in [4.78, 5) is 24.3. The van der Waals surface area contributed by atoms with Crippen LogP contribution in [0.2, 0.25) is 0 Å². The lowest BCUT2D eigenvalue weighted by atomic mass is 10.1. The van der Waals surface area contributed by atoms with E-state index < -0.39 is 35.1 Å². The maximum absolute atomic E-state index is 12.2. The zero-order valence-corrected chi connectivity index (χ0v) is 16.1. The Morgan fingerprint density at radius 1 is 1.15 bits per heavy atom. The lowest BCUT2D eigenvalue weighted by Crippen LogP contribution is -2.33. The molecule has 0 atom stereocenters. The SMILES string of the molecule is Cc1ccc(S(=O)(=O)NCC(=O)OCC(=O)NCc2cccs2)cc1C. The number of amides is 1. The average molecular weight is 396 g/mol. The second-order valence-electron chi connectivity index (χ2n) is 5.59. The molecule has 2 aromatic rings. The van der Waals surface area contributed by atoms with Gasteiger partial charge in [-0.1, -0.05) is 12.1 Å². The number of carbonyl (C=O) groups is 2. The highest BCUT2D eigenvalue weighted by atomic mass is 32.2. The topological polar surface area (TPSA) is 102 Å². The Labute approximate surface area is 156 Å². The van der Waals surface area contributed by atoms with Crippen LogP contribution < -0.4 is 10.0 Å². The van der Waals surface area contributed by atoms with E-state index >= 15 is 0 Å². The van der Waals surface area contributed by atoms with Crippen LogP contribution in [0.25, 0.3) is 0 Å². The molecule has 0 aliphatic rings. The van der Waals surface area contributed by atoms with Crippen molar-refractivity contribution in [1.82, 2.24) is 10.0 Å². The molecule has 0 aliphatic heterocycles. The van der Waals surface area contributed by atoms with E-state index in [1.54, 1.807) is 13.0 Å². The molecule has 1 heterocycles. The van der Waals surface area contributed by atoms with E-state index in [0.29, 0.717) is 6.54 Å². The number of nitrogens with one attached hydrogen (secondary N) is 2. The molecule has 0 fully saturated rings. The molecule has 0 aliphatic carbocycles. The molecular weight excluding hydrogens is 376 g/mol. The Morgan fingerprint density at radius 3 is 2.58 bits per heavy atom. The van der Waals surface area contributed by atoms with Gasteiger partial charge in [-0.05, 0) is 48.6 Å². The summed E-state index contributed by atoms with van der Waals surface area (Å²) in [5.41, 5.74) is 1.80. The highest BCUT2D eigenvalue weighted by Gasteiger charge is 2.17. The van der Waals surface area contributed by atoms with Gasteiger partial charge in [0.15, 0.2) is 6.61 Å². The number of sulfonamides is 1. The summed E-state index contributed by atoms with van der Waals surface area (Å²) in [7, 11) is -3.82. The van der Waals surface area contributed by atoms with Gasteiger partial charge in [0, 0.05) is 4.88 Å². The summed E-state index contributed by atoms with van der Waals surface area (Å²) in [5.74, 6) is -1.28. The monoisotopic (exact) mass is 396 g/mol. The van der Waals surface area contributed by atoms with Crippen LogP contribution in [0.1, 0.15) is 16.0 Å². The van der Waals surface area contributed by atoms with Gasteiger partial charge in [0.05, 0.1) is 11.4 Å². The van der Waals surface area contributed by atoms with Gasteiger partial charge in [-0.25, -0.2) is 8.42 Å². The summed E-state index contributed by atoms with van der Waals surface area (Å²) in [6.45, 7) is 3.02. The number of ether oxygens (including phenoxy) is 1. The van der Waals surface area contributed by atoms with Gasteiger partial charge in [-0.2, -0.15) is 4.72 Å². The van der Waals surface area contributed by atoms with Gasteiger partial charge in [0.2, 0.25) is 10.0 Å². The maximum Gasteiger partial charge on any atom is 0.321 e. The van der Waals surface area contributed by atoms with Gasteiger partial charge >= 0.3 is 5.97 Å². The Morgan fingerprint density at radius 2 is 1.92 bits per heavy atom. The largest absolute Gasteiger partial charge is 0.455 e. The number of thiophene rings is 1. The number of esters is 1. The van der Waals surface area contributed by atoms with Gasteiger partial charge in [0.25, 0.3) is 5.91 Å². The molecule has 1 aromatic heterocycles. The van der Waals surface area contributed by atoms with Gasteiger partial charge in [-0.15, -0.1) is 11.3 Å². The van der Waals surface area contributed by atoms with Crippen molar-refractivity contribution in [2.75, 3.05) is 13.2 Å². The summed E-state index contributed by atoms with van der Waals surface area (Å²) in [6, 6.07) is 8.43. The molecule has 7 nitrogen and oxygen atoms in total. The molecule has 26 heavy (non-hydrogen) atoms. The smallest absolute Gasteiger partial charge is 0.321 e. The van der Waals surface area contributed by atoms with Gasteiger partial charge in [0.1, 0.15) is 6.54 Å². The highest BCUT2D eigenvalue weighted by Crippen LogP contribution is 2.14. The van der Waals surface area contributed by atoms with E-state index in [0.717, 1.165) is 16.0 Å². The van der Waals surface area contributed by atoms with Crippen molar-refractivity contribution in [2.45, 2.75) is 25.3 Å². The lowest BCUT2D eigenvalue weighted by Gasteiger charge is -2.09. The van der Waals surface area contributed by atoms with Crippen LogP contribution in [0.15, 0.2) is 40.6 Å². The normalized spacial score (nSPS) is 11.2. The number of hydrogen-bond donors (Lipinski definition) is 2. The fourth-order valence-corrected chi connectivity index (χ4v) is 3.66. The van der Waals surface area contributed by atoms with Crippen LogP contribution in [0, 0.1) is 13.8 Å². The first-order valence-electron chi connectivity index (χ1n) is 7.79. The van der Waals surface area contributed by atoms with Crippen LogP contribution >= 0.6 is 11.3 Å². The Hall–Kier alpha value is -2.23.